The van der Waals surface area contributed by atoms with E-state index in [1.165, 1.54) is 12.3 Å². The van der Waals surface area contributed by atoms with Crippen LogP contribution in [0.3, 0.4) is 0 Å². The normalized spacial score (nSPS) is 11.0. The van der Waals surface area contributed by atoms with E-state index in [2.05, 4.69) is 10.3 Å². The van der Waals surface area contributed by atoms with Gasteiger partial charge in [-0.2, -0.15) is 0 Å². The van der Waals surface area contributed by atoms with E-state index in [1.807, 2.05) is 45.0 Å². The molecular formula is C16H18N2O3. The van der Waals surface area contributed by atoms with Gasteiger partial charge in [0.25, 0.3) is 0 Å². The molecule has 0 aliphatic rings. The summed E-state index contributed by atoms with van der Waals surface area (Å²) in [5.74, 6) is -0.217. The lowest BCUT2D eigenvalue weighted by Crippen LogP contribution is -2.22. The molecule has 0 saturated carbocycles. The molecule has 5 nitrogen and oxygen atoms in total. The maximum absolute atomic E-state index is 10.9. The first kappa shape index (κ1) is 14.8. The largest absolute Gasteiger partial charge is 0.488 e. The highest BCUT2D eigenvalue weighted by molar-refractivity contribution is 5.88. The number of anilines is 2. The van der Waals surface area contributed by atoms with E-state index < -0.39 is 5.97 Å². The maximum Gasteiger partial charge on any atom is 0.337 e. The van der Waals surface area contributed by atoms with Gasteiger partial charge in [0.1, 0.15) is 11.4 Å². The van der Waals surface area contributed by atoms with Crippen LogP contribution < -0.4 is 10.1 Å². The van der Waals surface area contributed by atoms with Crippen molar-refractivity contribution in [3.8, 4) is 5.75 Å². The molecule has 1 heterocycles. The van der Waals surface area contributed by atoms with Gasteiger partial charge in [-0.15, -0.1) is 0 Å². The average molecular weight is 286 g/mol. The van der Waals surface area contributed by atoms with E-state index in [4.69, 9.17) is 9.84 Å². The van der Waals surface area contributed by atoms with Gasteiger partial charge < -0.3 is 15.2 Å². The second kappa shape index (κ2) is 5.83. The van der Waals surface area contributed by atoms with Crippen LogP contribution >= 0.6 is 0 Å². The number of benzene rings is 1. The van der Waals surface area contributed by atoms with Crippen LogP contribution in [-0.2, 0) is 0 Å². The highest BCUT2D eigenvalue weighted by Gasteiger charge is 2.11. The Bertz CT molecular complexity index is 631. The molecule has 110 valence electrons. The summed E-state index contributed by atoms with van der Waals surface area (Å²) < 4.78 is 5.74. The van der Waals surface area contributed by atoms with Crippen molar-refractivity contribution in [2.75, 3.05) is 5.32 Å². The molecule has 0 aliphatic carbocycles. The lowest BCUT2D eigenvalue weighted by atomic mass is 10.2. The molecule has 5 heteroatoms. The number of carboxylic acids is 1. The number of aromatic carboxylic acids is 1. The molecule has 0 bridgehead atoms. The quantitative estimate of drug-likeness (QED) is 0.896. The van der Waals surface area contributed by atoms with Crippen LogP contribution in [0.15, 0.2) is 42.7 Å². The lowest BCUT2D eigenvalue weighted by Gasteiger charge is -2.21. The third-order valence-electron chi connectivity index (χ3n) is 2.55. The molecule has 0 fully saturated rings. The third kappa shape index (κ3) is 4.49. The molecule has 1 aromatic carbocycles. The first-order valence-electron chi connectivity index (χ1n) is 6.58. The van der Waals surface area contributed by atoms with E-state index in [-0.39, 0.29) is 11.2 Å². The summed E-state index contributed by atoms with van der Waals surface area (Å²) in [7, 11) is 0. The van der Waals surface area contributed by atoms with Gasteiger partial charge in [-0.25, -0.2) is 4.79 Å². The standard InChI is InChI=1S/C16H18N2O3/c1-16(2,3)21-14-6-4-12(5-7-14)18-13-8-11(15(19)20)9-17-10-13/h4-10,18H,1-3H3,(H,19,20). The van der Waals surface area contributed by atoms with E-state index in [0.717, 1.165) is 11.4 Å². The van der Waals surface area contributed by atoms with Gasteiger partial charge in [0.2, 0.25) is 0 Å². The molecule has 2 rings (SSSR count). The van der Waals surface area contributed by atoms with Crippen molar-refractivity contribution in [2.45, 2.75) is 26.4 Å². The second-order valence-electron chi connectivity index (χ2n) is 5.63. The molecule has 1 aromatic heterocycles. The van der Waals surface area contributed by atoms with E-state index in [0.29, 0.717) is 5.69 Å². The van der Waals surface area contributed by atoms with E-state index in [9.17, 15) is 4.79 Å². The summed E-state index contributed by atoms with van der Waals surface area (Å²) in [5, 5.41) is 12.0. The first-order chi connectivity index (χ1) is 9.83. The summed E-state index contributed by atoms with van der Waals surface area (Å²) >= 11 is 0. The number of rotatable bonds is 4. The molecule has 2 N–H and O–H groups in total. The van der Waals surface area contributed by atoms with Crippen molar-refractivity contribution < 1.29 is 14.6 Å². The van der Waals surface area contributed by atoms with Crippen molar-refractivity contribution in [3.05, 3.63) is 48.3 Å². The minimum absolute atomic E-state index is 0.146. The molecule has 0 aliphatic heterocycles. The predicted octanol–water partition coefficient (Wildman–Crippen LogP) is 3.70. The summed E-state index contributed by atoms with van der Waals surface area (Å²) in [4.78, 5) is 14.8. The zero-order valence-corrected chi connectivity index (χ0v) is 12.3. The predicted molar refractivity (Wildman–Crippen MR) is 81.3 cm³/mol. The fourth-order valence-corrected chi connectivity index (χ4v) is 1.75. The third-order valence-corrected chi connectivity index (χ3v) is 2.55. The summed E-state index contributed by atoms with van der Waals surface area (Å²) in [6.45, 7) is 5.96. The van der Waals surface area contributed by atoms with Crippen molar-refractivity contribution in [1.29, 1.82) is 0 Å². The van der Waals surface area contributed by atoms with Crippen LogP contribution in [-0.4, -0.2) is 21.7 Å². The molecule has 0 spiro atoms. The van der Waals surface area contributed by atoms with Crippen molar-refractivity contribution in [1.82, 2.24) is 4.98 Å². The van der Waals surface area contributed by atoms with Crippen LogP contribution in [0.4, 0.5) is 11.4 Å². The number of carbonyl (C=O) groups is 1. The number of aromatic nitrogens is 1. The van der Waals surface area contributed by atoms with Gasteiger partial charge in [-0.1, -0.05) is 0 Å². The molecular weight excluding hydrogens is 268 g/mol. The number of pyridine rings is 1. The van der Waals surface area contributed by atoms with Crippen molar-refractivity contribution >= 4 is 17.3 Å². The SMILES string of the molecule is CC(C)(C)Oc1ccc(Nc2cncc(C(=O)O)c2)cc1. The van der Waals surface area contributed by atoms with Crippen LogP contribution in [0.2, 0.25) is 0 Å². The van der Waals surface area contributed by atoms with Crippen molar-refractivity contribution in [3.63, 3.8) is 0 Å². The van der Waals surface area contributed by atoms with Gasteiger partial charge in [-0.05, 0) is 51.1 Å². The minimum atomic E-state index is -1.000. The van der Waals surface area contributed by atoms with Crippen molar-refractivity contribution in [2.24, 2.45) is 0 Å². The Morgan fingerprint density at radius 3 is 2.38 bits per heavy atom. The van der Waals surface area contributed by atoms with Gasteiger partial charge in [0.05, 0.1) is 17.4 Å². The highest BCUT2D eigenvalue weighted by Crippen LogP contribution is 2.22. The Kier molecular flexibility index (Phi) is 4.12. The molecule has 0 amide bonds. The zero-order valence-electron chi connectivity index (χ0n) is 12.3. The fraction of sp³-hybridized carbons (Fsp3) is 0.250. The Hall–Kier alpha value is -2.56. The number of ether oxygens (including phenoxy) is 1. The lowest BCUT2D eigenvalue weighted by molar-refractivity contribution is 0.0696. The topological polar surface area (TPSA) is 71.5 Å². The molecule has 0 unspecified atom stereocenters. The van der Waals surface area contributed by atoms with Gasteiger partial charge in [-0.3, -0.25) is 4.98 Å². The fourth-order valence-electron chi connectivity index (χ4n) is 1.75. The molecule has 0 atom stereocenters. The maximum atomic E-state index is 10.9. The number of hydrogen-bond donors (Lipinski definition) is 2. The smallest absolute Gasteiger partial charge is 0.337 e. The Morgan fingerprint density at radius 2 is 1.81 bits per heavy atom. The summed E-state index contributed by atoms with van der Waals surface area (Å²) in [5.41, 5.74) is 1.36. The number of hydrogen-bond acceptors (Lipinski definition) is 4. The number of nitrogens with zero attached hydrogens (tertiary/aromatic N) is 1. The number of carboxylic acid groups (broad SMARTS) is 1. The van der Waals surface area contributed by atoms with Crippen LogP contribution in [0, 0.1) is 0 Å². The monoisotopic (exact) mass is 286 g/mol. The Morgan fingerprint density at radius 1 is 1.14 bits per heavy atom. The minimum Gasteiger partial charge on any atom is -0.488 e. The van der Waals surface area contributed by atoms with Gasteiger partial charge >= 0.3 is 5.97 Å². The van der Waals surface area contributed by atoms with E-state index in [1.54, 1.807) is 6.20 Å². The average Bonchev–Trinajstić information content (AvgIpc) is 2.40. The van der Waals surface area contributed by atoms with Crippen LogP contribution in [0.5, 0.6) is 5.75 Å². The van der Waals surface area contributed by atoms with Gasteiger partial charge in [0.15, 0.2) is 0 Å². The molecule has 0 radical (unpaired) electrons. The van der Waals surface area contributed by atoms with Crippen LogP contribution in [0.1, 0.15) is 31.1 Å². The van der Waals surface area contributed by atoms with Gasteiger partial charge in [0, 0.05) is 11.9 Å². The first-order valence-corrected chi connectivity index (χ1v) is 6.58. The Labute approximate surface area is 123 Å². The number of nitrogens with one attached hydrogen (secondary N) is 1. The summed E-state index contributed by atoms with van der Waals surface area (Å²) in [6.07, 6.45) is 2.89. The molecule has 0 saturated heterocycles. The zero-order chi connectivity index (χ0) is 15.5. The molecule has 2 aromatic rings. The molecule has 21 heavy (non-hydrogen) atoms. The highest BCUT2D eigenvalue weighted by atomic mass is 16.5. The van der Waals surface area contributed by atoms with Crippen LogP contribution in [0.25, 0.3) is 0 Å². The van der Waals surface area contributed by atoms with E-state index >= 15 is 0 Å². The Balaban J connectivity index is 2.10. The second-order valence-corrected chi connectivity index (χ2v) is 5.63. The summed E-state index contributed by atoms with van der Waals surface area (Å²) in [6, 6.07) is 9.00.